The van der Waals surface area contributed by atoms with Gasteiger partial charge >= 0.3 is 11.9 Å². The number of methoxy groups -OCH3 is 2. The summed E-state index contributed by atoms with van der Waals surface area (Å²) >= 11 is 0. The lowest BCUT2D eigenvalue weighted by molar-refractivity contribution is 0.0594. The van der Waals surface area contributed by atoms with Crippen LogP contribution in [0.2, 0.25) is 0 Å². The first-order chi connectivity index (χ1) is 11.8. The maximum Gasteiger partial charge on any atom is 0.343 e. The summed E-state index contributed by atoms with van der Waals surface area (Å²) < 4.78 is 37.3. The third-order valence-electron chi connectivity index (χ3n) is 3.64. The van der Waals surface area contributed by atoms with E-state index in [9.17, 15) is 18.4 Å². The highest BCUT2D eigenvalue weighted by Crippen LogP contribution is 2.34. The normalized spacial score (nSPS) is 10.7. The Morgan fingerprint density at radius 3 is 1.96 bits per heavy atom. The van der Waals surface area contributed by atoms with E-state index < -0.39 is 29.3 Å². The average Bonchev–Trinajstić information content (AvgIpc) is 2.60. The van der Waals surface area contributed by atoms with Crippen molar-refractivity contribution in [3.05, 3.63) is 52.9 Å². The van der Waals surface area contributed by atoms with Crippen molar-refractivity contribution in [3.8, 4) is 11.1 Å². The number of hydrogen-bond acceptors (Lipinski definition) is 5. The third kappa shape index (κ3) is 3.50. The van der Waals surface area contributed by atoms with Gasteiger partial charge in [0, 0.05) is 5.56 Å². The SMILES string of the molecule is COC(=O)c1c(F)nc(C(C)C)c(C(=O)OC)c1-c1ccc(F)cc1. The molecule has 132 valence electrons. The van der Waals surface area contributed by atoms with E-state index in [1.54, 1.807) is 13.8 Å². The molecule has 0 bridgehead atoms. The van der Waals surface area contributed by atoms with Gasteiger partial charge in [0.1, 0.15) is 11.4 Å². The van der Waals surface area contributed by atoms with Crippen LogP contribution in [0, 0.1) is 11.8 Å². The molecule has 0 atom stereocenters. The van der Waals surface area contributed by atoms with Gasteiger partial charge in [-0.25, -0.2) is 19.0 Å². The molecule has 0 aliphatic heterocycles. The zero-order valence-electron chi connectivity index (χ0n) is 14.2. The minimum atomic E-state index is -1.07. The molecule has 0 saturated heterocycles. The molecule has 0 aliphatic carbocycles. The molecule has 0 unspecified atom stereocenters. The van der Waals surface area contributed by atoms with Crippen molar-refractivity contribution in [1.29, 1.82) is 0 Å². The minimum Gasteiger partial charge on any atom is -0.465 e. The smallest absolute Gasteiger partial charge is 0.343 e. The van der Waals surface area contributed by atoms with Gasteiger partial charge in [-0.15, -0.1) is 0 Å². The van der Waals surface area contributed by atoms with Crippen LogP contribution in [-0.4, -0.2) is 31.1 Å². The lowest BCUT2D eigenvalue weighted by atomic mass is 9.91. The number of ether oxygens (including phenoxy) is 2. The topological polar surface area (TPSA) is 65.5 Å². The number of hydrogen-bond donors (Lipinski definition) is 0. The third-order valence-corrected chi connectivity index (χ3v) is 3.64. The van der Waals surface area contributed by atoms with Crippen LogP contribution in [0.3, 0.4) is 0 Å². The first kappa shape index (κ1) is 18.5. The first-order valence-corrected chi connectivity index (χ1v) is 7.47. The number of carbonyl (C=O) groups excluding carboxylic acids is 2. The predicted molar refractivity (Wildman–Crippen MR) is 86.4 cm³/mol. The molecular weight excluding hydrogens is 332 g/mol. The second-order valence-corrected chi connectivity index (χ2v) is 5.56. The quantitative estimate of drug-likeness (QED) is 0.622. The summed E-state index contributed by atoms with van der Waals surface area (Å²) in [6.45, 7) is 3.45. The van der Waals surface area contributed by atoms with E-state index in [1.165, 1.54) is 19.2 Å². The highest BCUT2D eigenvalue weighted by Gasteiger charge is 2.31. The number of halogens is 2. The van der Waals surface area contributed by atoms with Crippen molar-refractivity contribution in [2.75, 3.05) is 14.2 Å². The van der Waals surface area contributed by atoms with Crippen LogP contribution in [0.15, 0.2) is 24.3 Å². The Labute approximate surface area is 143 Å². The standard InChI is InChI=1S/C18H17F2NO4/c1-9(2)15-13(17(22)24-3)12(10-5-7-11(19)8-6-10)14(16(20)21-15)18(23)25-4/h5-9H,1-4H3. The molecule has 0 radical (unpaired) electrons. The Bertz CT molecular complexity index is 817. The predicted octanol–water partition coefficient (Wildman–Crippen LogP) is 3.72. The fourth-order valence-electron chi connectivity index (χ4n) is 2.49. The highest BCUT2D eigenvalue weighted by molar-refractivity contribution is 6.06. The van der Waals surface area contributed by atoms with Gasteiger partial charge in [-0.1, -0.05) is 26.0 Å². The number of esters is 2. The molecule has 1 aromatic heterocycles. The van der Waals surface area contributed by atoms with Gasteiger partial charge in [0.2, 0.25) is 5.95 Å². The molecule has 0 spiro atoms. The van der Waals surface area contributed by atoms with Crippen LogP contribution in [0.4, 0.5) is 8.78 Å². The molecule has 0 aliphatic rings. The molecule has 0 saturated carbocycles. The molecular formula is C18H17F2NO4. The van der Waals surface area contributed by atoms with Crippen molar-refractivity contribution < 1.29 is 27.8 Å². The van der Waals surface area contributed by atoms with Crippen LogP contribution in [0.1, 0.15) is 46.2 Å². The average molecular weight is 349 g/mol. The highest BCUT2D eigenvalue weighted by atomic mass is 19.1. The van der Waals surface area contributed by atoms with Gasteiger partial charge in [0.15, 0.2) is 0 Å². The summed E-state index contributed by atoms with van der Waals surface area (Å²) in [7, 11) is 2.26. The Morgan fingerprint density at radius 1 is 0.960 bits per heavy atom. The van der Waals surface area contributed by atoms with E-state index in [-0.39, 0.29) is 28.3 Å². The summed E-state index contributed by atoms with van der Waals surface area (Å²) in [5.74, 6) is -3.68. The molecule has 1 aromatic carbocycles. The summed E-state index contributed by atoms with van der Waals surface area (Å²) in [6.07, 6.45) is 0. The van der Waals surface area contributed by atoms with Gasteiger partial charge < -0.3 is 9.47 Å². The first-order valence-electron chi connectivity index (χ1n) is 7.47. The van der Waals surface area contributed by atoms with Crippen LogP contribution in [0.5, 0.6) is 0 Å². The van der Waals surface area contributed by atoms with Gasteiger partial charge in [-0.2, -0.15) is 4.39 Å². The second-order valence-electron chi connectivity index (χ2n) is 5.56. The Balaban J connectivity index is 2.97. The lowest BCUT2D eigenvalue weighted by Crippen LogP contribution is -2.18. The molecule has 0 amide bonds. The Kier molecular flexibility index (Phi) is 5.46. The molecule has 2 rings (SSSR count). The van der Waals surface area contributed by atoms with Crippen LogP contribution in [-0.2, 0) is 9.47 Å². The maximum atomic E-state index is 14.6. The van der Waals surface area contributed by atoms with Gasteiger partial charge in [-0.05, 0) is 23.6 Å². The van der Waals surface area contributed by atoms with E-state index >= 15 is 0 Å². The monoisotopic (exact) mass is 349 g/mol. The molecule has 0 fully saturated rings. The van der Waals surface area contributed by atoms with Crippen molar-refractivity contribution >= 4 is 11.9 Å². The molecule has 0 N–H and O–H groups in total. The van der Waals surface area contributed by atoms with Crippen molar-refractivity contribution in [1.82, 2.24) is 4.98 Å². The van der Waals surface area contributed by atoms with Gasteiger partial charge in [-0.3, -0.25) is 0 Å². The Hall–Kier alpha value is -2.83. The zero-order chi connectivity index (χ0) is 18.7. The van der Waals surface area contributed by atoms with E-state index in [0.717, 1.165) is 19.2 Å². The van der Waals surface area contributed by atoms with Crippen molar-refractivity contribution in [2.45, 2.75) is 19.8 Å². The van der Waals surface area contributed by atoms with E-state index in [1.807, 2.05) is 0 Å². The molecule has 7 heteroatoms. The van der Waals surface area contributed by atoms with Gasteiger partial charge in [0.25, 0.3) is 0 Å². The van der Waals surface area contributed by atoms with Crippen LogP contribution >= 0.6 is 0 Å². The fourth-order valence-corrected chi connectivity index (χ4v) is 2.49. The van der Waals surface area contributed by atoms with E-state index in [0.29, 0.717) is 0 Å². The largest absolute Gasteiger partial charge is 0.465 e. The second kappa shape index (κ2) is 7.38. The minimum absolute atomic E-state index is 0.0325. The number of rotatable bonds is 4. The summed E-state index contributed by atoms with van der Waals surface area (Å²) in [5, 5.41) is 0. The number of nitrogens with zero attached hydrogens (tertiary/aromatic N) is 1. The van der Waals surface area contributed by atoms with Crippen molar-refractivity contribution in [2.24, 2.45) is 0 Å². The van der Waals surface area contributed by atoms with E-state index in [2.05, 4.69) is 9.72 Å². The van der Waals surface area contributed by atoms with Crippen LogP contribution < -0.4 is 0 Å². The summed E-state index contributed by atoms with van der Waals surface area (Å²) in [5.41, 5.74) is -0.179. The number of benzene rings is 1. The molecule has 2 aromatic rings. The van der Waals surface area contributed by atoms with Gasteiger partial charge in [0.05, 0.1) is 25.5 Å². The molecule has 25 heavy (non-hydrogen) atoms. The maximum absolute atomic E-state index is 14.6. The number of aromatic nitrogens is 1. The molecule has 5 nitrogen and oxygen atoms in total. The summed E-state index contributed by atoms with van der Waals surface area (Å²) in [4.78, 5) is 28.2. The summed E-state index contributed by atoms with van der Waals surface area (Å²) in [6, 6.07) is 4.97. The zero-order valence-corrected chi connectivity index (χ0v) is 14.2. The van der Waals surface area contributed by atoms with Crippen LogP contribution in [0.25, 0.3) is 11.1 Å². The number of pyridine rings is 1. The lowest BCUT2D eigenvalue weighted by Gasteiger charge is -2.18. The Morgan fingerprint density at radius 2 is 1.48 bits per heavy atom. The number of carbonyl (C=O) groups is 2. The van der Waals surface area contributed by atoms with E-state index in [4.69, 9.17) is 4.74 Å². The fraction of sp³-hybridized carbons (Fsp3) is 0.278. The molecule has 1 heterocycles. The van der Waals surface area contributed by atoms with Crippen molar-refractivity contribution in [3.63, 3.8) is 0 Å².